The number of nitriles is 1. The third kappa shape index (κ3) is 2.20. The zero-order valence-corrected chi connectivity index (χ0v) is 6.94. The molecule has 0 fully saturated rings. The molecule has 1 heterocycles. The third-order valence-electron chi connectivity index (χ3n) is 1.40. The molecule has 1 aromatic heterocycles. The van der Waals surface area contributed by atoms with Gasteiger partial charge in [-0.15, -0.1) is 0 Å². The number of aliphatic carboxylic acids is 1. The number of nitrogens with zero attached hydrogens (tertiary/aromatic N) is 1. The minimum atomic E-state index is -1.25. The summed E-state index contributed by atoms with van der Waals surface area (Å²) in [7, 11) is 0. The first-order valence-electron chi connectivity index (χ1n) is 3.55. The molecular formula is C9H7NO3. The van der Waals surface area contributed by atoms with Gasteiger partial charge in [0.15, 0.2) is 0 Å². The van der Waals surface area contributed by atoms with Crippen LogP contribution in [0.1, 0.15) is 11.5 Å². The predicted octanol–water partition coefficient (Wildman–Crippen LogP) is 1.58. The van der Waals surface area contributed by atoms with Crippen LogP contribution in [0.2, 0.25) is 0 Å². The molecule has 0 aliphatic carbocycles. The van der Waals surface area contributed by atoms with E-state index < -0.39 is 5.97 Å². The summed E-state index contributed by atoms with van der Waals surface area (Å²) in [6.45, 7) is 1.74. The minimum absolute atomic E-state index is 0.339. The van der Waals surface area contributed by atoms with Gasteiger partial charge in [-0.05, 0) is 19.1 Å². The molecule has 0 radical (unpaired) electrons. The molecule has 4 heteroatoms. The van der Waals surface area contributed by atoms with Crippen molar-refractivity contribution in [3.05, 3.63) is 29.2 Å². The highest BCUT2D eigenvalue weighted by Crippen LogP contribution is 2.10. The van der Waals surface area contributed by atoms with Crippen LogP contribution < -0.4 is 0 Å². The van der Waals surface area contributed by atoms with E-state index in [0.29, 0.717) is 11.5 Å². The lowest BCUT2D eigenvalue weighted by molar-refractivity contribution is -0.132. The summed E-state index contributed by atoms with van der Waals surface area (Å²) in [5, 5.41) is 16.9. The predicted molar refractivity (Wildman–Crippen MR) is 44.7 cm³/mol. The van der Waals surface area contributed by atoms with Crippen molar-refractivity contribution in [1.82, 2.24) is 0 Å². The maximum Gasteiger partial charge on any atom is 0.346 e. The topological polar surface area (TPSA) is 74.2 Å². The van der Waals surface area contributed by atoms with Gasteiger partial charge in [0, 0.05) is 6.08 Å². The Morgan fingerprint density at radius 1 is 1.69 bits per heavy atom. The summed E-state index contributed by atoms with van der Waals surface area (Å²) in [6, 6.07) is 4.86. The second-order valence-electron chi connectivity index (χ2n) is 2.42. The van der Waals surface area contributed by atoms with Crippen molar-refractivity contribution in [3.63, 3.8) is 0 Å². The van der Waals surface area contributed by atoms with Gasteiger partial charge >= 0.3 is 5.97 Å². The van der Waals surface area contributed by atoms with Crippen molar-refractivity contribution < 1.29 is 14.3 Å². The van der Waals surface area contributed by atoms with Gasteiger partial charge in [0.05, 0.1) is 0 Å². The Bertz CT molecular complexity index is 395. The Labute approximate surface area is 74.7 Å². The highest BCUT2D eigenvalue weighted by atomic mass is 16.4. The average molecular weight is 177 g/mol. The molecule has 0 aliphatic rings. The van der Waals surface area contributed by atoms with E-state index in [1.165, 1.54) is 6.08 Å². The van der Waals surface area contributed by atoms with E-state index in [-0.39, 0.29) is 5.57 Å². The average Bonchev–Trinajstić information content (AvgIpc) is 2.46. The molecule has 1 rings (SSSR count). The summed E-state index contributed by atoms with van der Waals surface area (Å²) < 4.78 is 5.08. The lowest BCUT2D eigenvalue weighted by Crippen LogP contribution is -1.96. The monoisotopic (exact) mass is 177 g/mol. The van der Waals surface area contributed by atoms with Gasteiger partial charge in [0.1, 0.15) is 23.2 Å². The van der Waals surface area contributed by atoms with Gasteiger partial charge in [-0.25, -0.2) is 4.79 Å². The Morgan fingerprint density at radius 2 is 2.38 bits per heavy atom. The first kappa shape index (κ1) is 9.07. The number of carboxylic acids is 1. The second kappa shape index (κ2) is 3.59. The molecule has 0 spiro atoms. The zero-order valence-electron chi connectivity index (χ0n) is 6.94. The lowest BCUT2D eigenvalue weighted by Gasteiger charge is -1.87. The molecule has 1 N–H and O–H groups in total. The second-order valence-corrected chi connectivity index (χ2v) is 2.42. The molecular weight excluding hydrogens is 170 g/mol. The van der Waals surface area contributed by atoms with Gasteiger partial charge in [-0.1, -0.05) is 0 Å². The molecule has 1 aromatic rings. The molecule has 0 bridgehead atoms. The number of carbonyl (C=O) groups is 1. The molecule has 0 saturated heterocycles. The fraction of sp³-hybridized carbons (Fsp3) is 0.111. The van der Waals surface area contributed by atoms with E-state index in [4.69, 9.17) is 14.8 Å². The lowest BCUT2D eigenvalue weighted by atomic mass is 10.2. The summed E-state index contributed by atoms with van der Waals surface area (Å²) in [6.07, 6.45) is 1.19. The Kier molecular flexibility index (Phi) is 2.50. The van der Waals surface area contributed by atoms with Crippen LogP contribution >= 0.6 is 0 Å². The van der Waals surface area contributed by atoms with Crippen LogP contribution in [0, 0.1) is 18.3 Å². The molecule has 4 nitrogen and oxygen atoms in total. The zero-order chi connectivity index (χ0) is 9.84. The fourth-order valence-electron chi connectivity index (χ4n) is 0.815. The van der Waals surface area contributed by atoms with E-state index >= 15 is 0 Å². The smallest absolute Gasteiger partial charge is 0.346 e. The Hall–Kier alpha value is -2.02. The number of furan rings is 1. The van der Waals surface area contributed by atoms with Crippen LogP contribution in [0.25, 0.3) is 6.08 Å². The van der Waals surface area contributed by atoms with Crippen molar-refractivity contribution in [2.45, 2.75) is 6.92 Å². The molecule has 66 valence electrons. The van der Waals surface area contributed by atoms with Crippen LogP contribution in [0.3, 0.4) is 0 Å². The van der Waals surface area contributed by atoms with Crippen LogP contribution in [0.5, 0.6) is 0 Å². The number of aryl methyl sites for hydroxylation is 1. The third-order valence-corrected chi connectivity index (χ3v) is 1.40. The van der Waals surface area contributed by atoms with Gasteiger partial charge in [-0.2, -0.15) is 5.26 Å². The molecule has 0 unspecified atom stereocenters. The van der Waals surface area contributed by atoms with Crippen LogP contribution in [0.15, 0.2) is 22.1 Å². The maximum atomic E-state index is 10.4. The normalized spacial score (nSPS) is 10.9. The van der Waals surface area contributed by atoms with Crippen molar-refractivity contribution in [1.29, 1.82) is 5.26 Å². The van der Waals surface area contributed by atoms with Gasteiger partial charge < -0.3 is 9.52 Å². The van der Waals surface area contributed by atoms with Crippen molar-refractivity contribution in [2.24, 2.45) is 0 Å². The number of carboxylic acid groups (broad SMARTS) is 1. The SMILES string of the molecule is Cc1ccc(/C=C(/C#N)C(=O)O)o1. The summed E-state index contributed by atoms with van der Waals surface area (Å²) in [4.78, 5) is 10.4. The first-order chi connectivity index (χ1) is 6.13. The summed E-state index contributed by atoms with van der Waals surface area (Å²) in [5.41, 5.74) is -0.339. The first-order valence-corrected chi connectivity index (χ1v) is 3.55. The maximum absolute atomic E-state index is 10.4. The van der Waals surface area contributed by atoms with Gasteiger partial charge in [0.2, 0.25) is 0 Å². The standard InChI is InChI=1S/C9H7NO3/c1-6-2-3-8(13-6)4-7(5-10)9(11)12/h2-4H,1H3,(H,11,12)/b7-4-. The van der Waals surface area contributed by atoms with E-state index in [1.54, 1.807) is 25.1 Å². The van der Waals surface area contributed by atoms with Crippen molar-refractivity contribution in [3.8, 4) is 6.07 Å². The fourth-order valence-corrected chi connectivity index (χ4v) is 0.815. The van der Waals surface area contributed by atoms with Crippen LogP contribution in [-0.4, -0.2) is 11.1 Å². The minimum Gasteiger partial charge on any atom is -0.477 e. The quantitative estimate of drug-likeness (QED) is 0.549. The van der Waals surface area contributed by atoms with Gasteiger partial charge in [-0.3, -0.25) is 0 Å². The summed E-state index contributed by atoms with van der Waals surface area (Å²) in [5.74, 6) is -0.207. The van der Waals surface area contributed by atoms with Crippen LogP contribution in [-0.2, 0) is 4.79 Å². The number of rotatable bonds is 2. The molecule has 0 saturated carbocycles. The van der Waals surface area contributed by atoms with Crippen molar-refractivity contribution in [2.75, 3.05) is 0 Å². The highest BCUT2D eigenvalue weighted by Gasteiger charge is 2.06. The molecule has 0 aliphatic heterocycles. The van der Waals surface area contributed by atoms with E-state index in [1.807, 2.05) is 0 Å². The molecule has 0 aromatic carbocycles. The summed E-state index contributed by atoms with van der Waals surface area (Å²) >= 11 is 0. The molecule has 0 amide bonds. The van der Waals surface area contributed by atoms with E-state index in [0.717, 1.165) is 0 Å². The Balaban J connectivity index is 3.00. The van der Waals surface area contributed by atoms with E-state index in [9.17, 15) is 4.79 Å². The Morgan fingerprint density at radius 3 is 2.77 bits per heavy atom. The van der Waals surface area contributed by atoms with Crippen LogP contribution in [0.4, 0.5) is 0 Å². The number of hydrogen-bond acceptors (Lipinski definition) is 3. The molecule has 13 heavy (non-hydrogen) atoms. The molecule has 0 atom stereocenters. The van der Waals surface area contributed by atoms with Crippen molar-refractivity contribution >= 4 is 12.0 Å². The largest absolute Gasteiger partial charge is 0.477 e. The number of hydrogen-bond donors (Lipinski definition) is 1. The van der Waals surface area contributed by atoms with E-state index in [2.05, 4.69) is 0 Å². The van der Waals surface area contributed by atoms with Gasteiger partial charge in [0.25, 0.3) is 0 Å². The highest BCUT2D eigenvalue weighted by molar-refractivity contribution is 5.96.